The summed E-state index contributed by atoms with van der Waals surface area (Å²) in [5, 5.41) is 0. The van der Waals surface area contributed by atoms with Gasteiger partial charge in [-0.3, -0.25) is 4.79 Å². The van der Waals surface area contributed by atoms with Crippen molar-refractivity contribution in [3.63, 3.8) is 0 Å². The van der Waals surface area contributed by atoms with Gasteiger partial charge in [-0.2, -0.15) is 0 Å². The summed E-state index contributed by atoms with van der Waals surface area (Å²) in [5.74, 6) is 1.85. The van der Waals surface area contributed by atoms with Crippen LogP contribution >= 0.6 is 0 Å². The molecule has 1 aromatic rings. The number of carbonyl (C=O) groups excluding carboxylic acids is 1. The van der Waals surface area contributed by atoms with Crippen molar-refractivity contribution in [3.05, 3.63) is 23.8 Å². The standard InChI is InChI=1S/C18H27NO3/c1-4-5-6-9-18(20)19-12-7-8-16(19)15-11-10-14(21-2)13-17(15)22-3/h10-11,13,16H,4-9,12H2,1-3H3. The number of benzene rings is 1. The van der Waals surface area contributed by atoms with Crippen LogP contribution in [0.25, 0.3) is 0 Å². The molecule has 4 heteroatoms. The molecular weight excluding hydrogens is 278 g/mol. The molecule has 0 aromatic heterocycles. The van der Waals surface area contributed by atoms with Crippen LogP contribution in [0.3, 0.4) is 0 Å². The van der Waals surface area contributed by atoms with E-state index in [0.29, 0.717) is 6.42 Å². The topological polar surface area (TPSA) is 38.8 Å². The lowest BCUT2D eigenvalue weighted by atomic mass is 10.0. The quantitative estimate of drug-likeness (QED) is 0.716. The van der Waals surface area contributed by atoms with Gasteiger partial charge in [-0.15, -0.1) is 0 Å². The van der Waals surface area contributed by atoms with Gasteiger partial charge in [0.15, 0.2) is 0 Å². The van der Waals surface area contributed by atoms with Crippen molar-refractivity contribution < 1.29 is 14.3 Å². The van der Waals surface area contributed by atoms with E-state index in [9.17, 15) is 4.79 Å². The summed E-state index contributed by atoms with van der Waals surface area (Å²) in [7, 11) is 3.31. The molecule has 2 rings (SSSR count). The summed E-state index contributed by atoms with van der Waals surface area (Å²) < 4.78 is 10.8. The largest absolute Gasteiger partial charge is 0.497 e. The fourth-order valence-electron chi connectivity index (χ4n) is 3.15. The Labute approximate surface area is 133 Å². The molecular formula is C18H27NO3. The highest BCUT2D eigenvalue weighted by molar-refractivity contribution is 5.77. The molecule has 0 spiro atoms. The van der Waals surface area contributed by atoms with Gasteiger partial charge in [-0.25, -0.2) is 0 Å². The highest BCUT2D eigenvalue weighted by atomic mass is 16.5. The van der Waals surface area contributed by atoms with Crippen LogP contribution in [0.4, 0.5) is 0 Å². The molecule has 0 saturated carbocycles. The summed E-state index contributed by atoms with van der Waals surface area (Å²) in [5.41, 5.74) is 1.09. The third-order valence-corrected chi connectivity index (χ3v) is 4.37. The predicted octanol–water partition coefficient (Wildman–Crippen LogP) is 3.95. The van der Waals surface area contributed by atoms with Crippen molar-refractivity contribution in [2.75, 3.05) is 20.8 Å². The van der Waals surface area contributed by atoms with Gasteiger partial charge in [0.1, 0.15) is 11.5 Å². The minimum Gasteiger partial charge on any atom is -0.497 e. The molecule has 22 heavy (non-hydrogen) atoms. The number of amides is 1. The Balaban J connectivity index is 2.14. The average Bonchev–Trinajstić information content (AvgIpc) is 3.03. The van der Waals surface area contributed by atoms with E-state index in [1.165, 1.54) is 0 Å². The molecule has 1 aromatic carbocycles. The molecule has 0 radical (unpaired) electrons. The second-order valence-corrected chi connectivity index (χ2v) is 5.81. The van der Waals surface area contributed by atoms with Crippen LogP contribution in [-0.4, -0.2) is 31.6 Å². The number of carbonyl (C=O) groups is 1. The SMILES string of the molecule is CCCCCC(=O)N1CCCC1c1ccc(OC)cc1OC. The third-order valence-electron chi connectivity index (χ3n) is 4.37. The number of unbranched alkanes of at least 4 members (excludes halogenated alkanes) is 2. The zero-order valence-corrected chi connectivity index (χ0v) is 13.9. The number of methoxy groups -OCH3 is 2. The zero-order chi connectivity index (χ0) is 15.9. The van der Waals surface area contributed by atoms with Crippen molar-refractivity contribution in [1.82, 2.24) is 4.90 Å². The highest BCUT2D eigenvalue weighted by Gasteiger charge is 2.31. The van der Waals surface area contributed by atoms with E-state index in [1.54, 1.807) is 14.2 Å². The maximum atomic E-state index is 12.5. The van der Waals surface area contributed by atoms with E-state index in [1.807, 2.05) is 23.1 Å². The van der Waals surface area contributed by atoms with E-state index in [-0.39, 0.29) is 11.9 Å². The van der Waals surface area contributed by atoms with Crippen molar-refractivity contribution in [2.24, 2.45) is 0 Å². The van der Waals surface area contributed by atoms with Crippen LogP contribution in [0, 0.1) is 0 Å². The Morgan fingerprint density at radius 3 is 2.77 bits per heavy atom. The molecule has 1 atom stereocenters. The summed E-state index contributed by atoms with van der Waals surface area (Å²) in [4.78, 5) is 14.5. The van der Waals surface area contributed by atoms with Crippen molar-refractivity contribution in [2.45, 2.75) is 51.5 Å². The van der Waals surface area contributed by atoms with Crippen LogP contribution in [0.5, 0.6) is 11.5 Å². The van der Waals surface area contributed by atoms with Crippen LogP contribution in [0.2, 0.25) is 0 Å². The Kier molecular flexibility index (Phi) is 6.10. The molecule has 1 aliphatic rings. The van der Waals surface area contributed by atoms with Crippen LogP contribution in [0.1, 0.15) is 57.1 Å². The minimum atomic E-state index is 0.134. The average molecular weight is 305 g/mol. The van der Waals surface area contributed by atoms with Crippen LogP contribution in [-0.2, 0) is 4.79 Å². The molecule has 1 aliphatic heterocycles. The number of rotatable bonds is 7. The zero-order valence-electron chi connectivity index (χ0n) is 13.9. The summed E-state index contributed by atoms with van der Waals surface area (Å²) >= 11 is 0. The molecule has 0 aliphatic carbocycles. The van der Waals surface area contributed by atoms with Gasteiger partial charge in [-0.1, -0.05) is 19.8 Å². The second-order valence-electron chi connectivity index (χ2n) is 5.81. The van der Waals surface area contributed by atoms with Crippen LogP contribution in [0.15, 0.2) is 18.2 Å². The molecule has 1 saturated heterocycles. The van der Waals surface area contributed by atoms with Gasteiger partial charge >= 0.3 is 0 Å². The third kappa shape index (κ3) is 3.73. The summed E-state index contributed by atoms with van der Waals surface area (Å²) in [6.07, 6.45) is 5.96. The first-order chi connectivity index (χ1) is 10.7. The Hall–Kier alpha value is -1.71. The van der Waals surface area contributed by atoms with E-state index >= 15 is 0 Å². The minimum absolute atomic E-state index is 0.134. The first kappa shape index (κ1) is 16.7. The Bertz CT molecular complexity index is 501. The lowest BCUT2D eigenvalue weighted by Crippen LogP contribution is -2.30. The fourth-order valence-corrected chi connectivity index (χ4v) is 3.15. The number of likely N-dealkylation sites (tertiary alicyclic amines) is 1. The monoisotopic (exact) mass is 305 g/mol. The van der Waals surface area contributed by atoms with E-state index < -0.39 is 0 Å². The first-order valence-electron chi connectivity index (χ1n) is 8.22. The number of nitrogens with zero attached hydrogens (tertiary/aromatic N) is 1. The molecule has 1 unspecified atom stereocenters. The van der Waals surface area contributed by atoms with Crippen LogP contribution < -0.4 is 9.47 Å². The van der Waals surface area contributed by atoms with Gasteiger partial charge in [0, 0.05) is 24.6 Å². The van der Waals surface area contributed by atoms with Gasteiger partial charge in [-0.05, 0) is 31.4 Å². The second kappa shape index (κ2) is 8.06. The summed E-state index contributed by atoms with van der Waals surface area (Å²) in [6, 6.07) is 6.00. The molecule has 0 N–H and O–H groups in total. The van der Waals surface area contributed by atoms with Crippen molar-refractivity contribution in [1.29, 1.82) is 0 Å². The molecule has 122 valence electrons. The summed E-state index contributed by atoms with van der Waals surface area (Å²) in [6.45, 7) is 3.01. The van der Waals surface area contributed by atoms with Gasteiger partial charge in [0.25, 0.3) is 0 Å². The first-order valence-corrected chi connectivity index (χ1v) is 8.22. The molecule has 1 amide bonds. The normalized spacial score (nSPS) is 17.6. The number of hydrogen-bond donors (Lipinski definition) is 0. The van der Waals surface area contributed by atoms with Gasteiger partial charge < -0.3 is 14.4 Å². The lowest BCUT2D eigenvalue weighted by Gasteiger charge is -2.26. The van der Waals surface area contributed by atoms with E-state index in [4.69, 9.17) is 9.47 Å². The predicted molar refractivity (Wildman–Crippen MR) is 87.4 cm³/mol. The van der Waals surface area contributed by atoms with Gasteiger partial charge in [0.05, 0.1) is 20.3 Å². The fraction of sp³-hybridized carbons (Fsp3) is 0.611. The smallest absolute Gasteiger partial charge is 0.223 e. The lowest BCUT2D eigenvalue weighted by molar-refractivity contribution is -0.132. The number of ether oxygens (including phenoxy) is 2. The molecule has 1 fully saturated rings. The molecule has 0 bridgehead atoms. The number of hydrogen-bond acceptors (Lipinski definition) is 3. The maximum Gasteiger partial charge on any atom is 0.223 e. The van der Waals surface area contributed by atoms with Crippen molar-refractivity contribution in [3.8, 4) is 11.5 Å². The highest BCUT2D eigenvalue weighted by Crippen LogP contribution is 2.39. The Morgan fingerprint density at radius 1 is 1.27 bits per heavy atom. The van der Waals surface area contributed by atoms with E-state index in [2.05, 4.69) is 6.92 Å². The Morgan fingerprint density at radius 2 is 2.09 bits per heavy atom. The molecule has 1 heterocycles. The van der Waals surface area contributed by atoms with E-state index in [0.717, 1.165) is 55.7 Å². The van der Waals surface area contributed by atoms with Crippen molar-refractivity contribution >= 4 is 5.91 Å². The molecule has 4 nitrogen and oxygen atoms in total. The maximum absolute atomic E-state index is 12.5. The van der Waals surface area contributed by atoms with Gasteiger partial charge in [0.2, 0.25) is 5.91 Å².